The summed E-state index contributed by atoms with van der Waals surface area (Å²) >= 11 is 0. The SMILES string of the molecule is CC(C)CN1CCC(CNC(=O)c2cn(C3CCNCC3)nn2)C1. The lowest BCUT2D eigenvalue weighted by Crippen LogP contribution is -2.32. The van der Waals surface area contributed by atoms with E-state index in [1.165, 1.54) is 0 Å². The van der Waals surface area contributed by atoms with E-state index < -0.39 is 0 Å². The first-order chi connectivity index (χ1) is 11.6. The van der Waals surface area contributed by atoms with Crippen molar-refractivity contribution in [1.29, 1.82) is 0 Å². The van der Waals surface area contributed by atoms with Crippen LogP contribution in [-0.2, 0) is 0 Å². The van der Waals surface area contributed by atoms with E-state index in [0.717, 1.165) is 58.5 Å². The molecule has 2 aliphatic heterocycles. The Morgan fingerprint density at radius 1 is 1.38 bits per heavy atom. The number of likely N-dealkylation sites (tertiary alicyclic amines) is 1. The maximum absolute atomic E-state index is 12.3. The van der Waals surface area contributed by atoms with Crippen LogP contribution in [0.15, 0.2) is 6.20 Å². The van der Waals surface area contributed by atoms with Crippen LogP contribution in [0.2, 0.25) is 0 Å². The maximum atomic E-state index is 12.3. The molecule has 2 N–H and O–H groups in total. The van der Waals surface area contributed by atoms with E-state index in [4.69, 9.17) is 0 Å². The highest BCUT2D eigenvalue weighted by Crippen LogP contribution is 2.18. The van der Waals surface area contributed by atoms with Crippen molar-refractivity contribution >= 4 is 5.91 Å². The molecule has 3 heterocycles. The fourth-order valence-corrected chi connectivity index (χ4v) is 3.72. The van der Waals surface area contributed by atoms with E-state index >= 15 is 0 Å². The summed E-state index contributed by atoms with van der Waals surface area (Å²) < 4.78 is 1.86. The molecule has 2 fully saturated rings. The number of hydrogen-bond acceptors (Lipinski definition) is 5. The Labute approximate surface area is 144 Å². The standard InChI is InChI=1S/C17H30N6O/c1-13(2)10-22-8-5-14(11-22)9-19-17(24)16-12-23(21-20-16)15-3-6-18-7-4-15/h12-15,18H,3-11H2,1-2H3,(H,19,24). The van der Waals surface area contributed by atoms with Crippen LogP contribution in [0.4, 0.5) is 0 Å². The molecule has 2 aliphatic rings. The van der Waals surface area contributed by atoms with Crippen molar-refractivity contribution in [3.8, 4) is 0 Å². The summed E-state index contributed by atoms with van der Waals surface area (Å²) in [5.41, 5.74) is 0.436. The zero-order chi connectivity index (χ0) is 16.9. The van der Waals surface area contributed by atoms with Crippen LogP contribution in [0, 0.1) is 11.8 Å². The summed E-state index contributed by atoms with van der Waals surface area (Å²) in [7, 11) is 0. The number of aromatic nitrogens is 3. The van der Waals surface area contributed by atoms with Crippen molar-refractivity contribution in [1.82, 2.24) is 30.5 Å². The van der Waals surface area contributed by atoms with Gasteiger partial charge in [0, 0.05) is 19.6 Å². The topological polar surface area (TPSA) is 75.1 Å². The van der Waals surface area contributed by atoms with Crippen molar-refractivity contribution < 1.29 is 4.79 Å². The molecule has 1 aromatic heterocycles. The van der Waals surface area contributed by atoms with E-state index in [1.54, 1.807) is 6.20 Å². The van der Waals surface area contributed by atoms with Crippen LogP contribution in [0.3, 0.4) is 0 Å². The minimum atomic E-state index is -0.0995. The molecule has 0 aromatic carbocycles. The zero-order valence-corrected chi connectivity index (χ0v) is 14.9. The minimum absolute atomic E-state index is 0.0995. The van der Waals surface area contributed by atoms with Crippen LogP contribution < -0.4 is 10.6 Å². The predicted octanol–water partition coefficient (Wildman–Crippen LogP) is 0.910. The molecule has 7 heteroatoms. The summed E-state index contributed by atoms with van der Waals surface area (Å²) in [6.45, 7) is 10.6. The number of nitrogens with one attached hydrogen (secondary N) is 2. The lowest BCUT2D eigenvalue weighted by atomic mass is 10.1. The molecule has 0 radical (unpaired) electrons. The third-order valence-corrected chi connectivity index (χ3v) is 4.97. The average molecular weight is 334 g/mol. The number of piperidine rings is 1. The third-order valence-electron chi connectivity index (χ3n) is 4.97. The molecule has 1 amide bonds. The van der Waals surface area contributed by atoms with Crippen molar-refractivity contribution in [2.75, 3.05) is 39.3 Å². The fourth-order valence-electron chi connectivity index (χ4n) is 3.72. The largest absolute Gasteiger partial charge is 0.350 e. The first-order valence-electron chi connectivity index (χ1n) is 9.25. The van der Waals surface area contributed by atoms with Crippen LogP contribution in [0.25, 0.3) is 0 Å². The van der Waals surface area contributed by atoms with Gasteiger partial charge in [-0.2, -0.15) is 0 Å². The van der Waals surface area contributed by atoms with Gasteiger partial charge in [-0.15, -0.1) is 5.10 Å². The van der Waals surface area contributed by atoms with Gasteiger partial charge >= 0.3 is 0 Å². The number of amides is 1. The molecular weight excluding hydrogens is 304 g/mol. The second-order valence-electron chi connectivity index (χ2n) is 7.58. The quantitative estimate of drug-likeness (QED) is 0.809. The molecule has 1 aromatic rings. The van der Waals surface area contributed by atoms with Crippen molar-refractivity contribution in [3.05, 3.63) is 11.9 Å². The normalized spacial score (nSPS) is 23.0. The van der Waals surface area contributed by atoms with Gasteiger partial charge < -0.3 is 15.5 Å². The Hall–Kier alpha value is -1.47. The van der Waals surface area contributed by atoms with Gasteiger partial charge in [-0.25, -0.2) is 4.68 Å². The van der Waals surface area contributed by atoms with E-state index in [0.29, 0.717) is 23.6 Å². The fraction of sp³-hybridized carbons (Fsp3) is 0.824. The van der Waals surface area contributed by atoms with Gasteiger partial charge in [0.25, 0.3) is 5.91 Å². The van der Waals surface area contributed by atoms with Gasteiger partial charge in [0.05, 0.1) is 12.2 Å². The number of nitrogens with zero attached hydrogens (tertiary/aromatic N) is 4. The van der Waals surface area contributed by atoms with E-state index in [2.05, 4.69) is 39.7 Å². The summed E-state index contributed by atoms with van der Waals surface area (Å²) in [6, 6.07) is 0.361. The Kier molecular flexibility index (Phi) is 5.84. The van der Waals surface area contributed by atoms with Crippen LogP contribution in [0.1, 0.15) is 49.6 Å². The summed E-state index contributed by atoms with van der Waals surface area (Å²) in [6.07, 6.45) is 5.04. The lowest BCUT2D eigenvalue weighted by Gasteiger charge is -2.22. The van der Waals surface area contributed by atoms with Crippen molar-refractivity contribution in [3.63, 3.8) is 0 Å². The predicted molar refractivity (Wildman–Crippen MR) is 92.9 cm³/mol. The maximum Gasteiger partial charge on any atom is 0.273 e. The Balaban J connectivity index is 1.45. The van der Waals surface area contributed by atoms with Gasteiger partial charge in [-0.05, 0) is 50.7 Å². The highest BCUT2D eigenvalue weighted by atomic mass is 16.2. The number of hydrogen-bond donors (Lipinski definition) is 2. The second-order valence-corrected chi connectivity index (χ2v) is 7.58. The van der Waals surface area contributed by atoms with Crippen molar-refractivity contribution in [2.24, 2.45) is 11.8 Å². The van der Waals surface area contributed by atoms with Crippen LogP contribution >= 0.6 is 0 Å². The first kappa shape index (κ1) is 17.4. The smallest absolute Gasteiger partial charge is 0.273 e. The third kappa shape index (κ3) is 4.54. The molecule has 1 atom stereocenters. The number of carbonyl (C=O) groups is 1. The zero-order valence-electron chi connectivity index (χ0n) is 14.9. The van der Waals surface area contributed by atoms with Gasteiger partial charge in [0.1, 0.15) is 0 Å². The van der Waals surface area contributed by atoms with Gasteiger partial charge in [0.15, 0.2) is 5.69 Å². The molecule has 2 saturated heterocycles. The molecule has 7 nitrogen and oxygen atoms in total. The molecule has 0 spiro atoms. The summed E-state index contributed by atoms with van der Waals surface area (Å²) in [5, 5.41) is 14.6. The number of carbonyl (C=O) groups excluding carboxylic acids is 1. The summed E-state index contributed by atoms with van der Waals surface area (Å²) in [5.74, 6) is 1.15. The van der Waals surface area contributed by atoms with Gasteiger partial charge in [-0.3, -0.25) is 4.79 Å². The molecule has 0 aliphatic carbocycles. The van der Waals surface area contributed by atoms with Gasteiger partial charge in [-0.1, -0.05) is 19.1 Å². The molecule has 24 heavy (non-hydrogen) atoms. The van der Waals surface area contributed by atoms with Crippen LogP contribution in [-0.4, -0.2) is 65.1 Å². The molecule has 134 valence electrons. The summed E-state index contributed by atoms with van der Waals surface area (Å²) in [4.78, 5) is 14.8. The molecule has 1 unspecified atom stereocenters. The minimum Gasteiger partial charge on any atom is -0.350 e. The van der Waals surface area contributed by atoms with Crippen molar-refractivity contribution in [2.45, 2.75) is 39.2 Å². The van der Waals surface area contributed by atoms with E-state index in [1.807, 2.05) is 4.68 Å². The molecule has 0 bridgehead atoms. The van der Waals surface area contributed by atoms with E-state index in [-0.39, 0.29) is 5.91 Å². The molecular formula is C17H30N6O. The van der Waals surface area contributed by atoms with Gasteiger partial charge in [0.2, 0.25) is 0 Å². The Morgan fingerprint density at radius 3 is 2.92 bits per heavy atom. The average Bonchev–Trinajstić information content (AvgIpc) is 3.22. The number of rotatable bonds is 6. The molecule has 3 rings (SSSR count). The highest BCUT2D eigenvalue weighted by molar-refractivity contribution is 5.91. The highest BCUT2D eigenvalue weighted by Gasteiger charge is 2.24. The van der Waals surface area contributed by atoms with E-state index in [9.17, 15) is 4.79 Å². The van der Waals surface area contributed by atoms with Crippen LogP contribution in [0.5, 0.6) is 0 Å². The second kappa shape index (κ2) is 8.07. The Bertz CT molecular complexity index is 537. The first-order valence-corrected chi connectivity index (χ1v) is 9.25. The molecule has 0 saturated carbocycles. The monoisotopic (exact) mass is 334 g/mol. The Morgan fingerprint density at radius 2 is 2.17 bits per heavy atom. The lowest BCUT2D eigenvalue weighted by molar-refractivity contribution is 0.0942.